The van der Waals surface area contributed by atoms with E-state index < -0.39 is 11.8 Å². The first-order chi connectivity index (χ1) is 42.5. The van der Waals surface area contributed by atoms with Gasteiger partial charge in [-0.05, 0) is 158 Å². The van der Waals surface area contributed by atoms with Gasteiger partial charge in [0.15, 0.2) is 0 Å². The molecule has 6 aromatic carbocycles. The molecular weight excluding hydrogens is 1130 g/mol. The molecule has 0 bridgehead atoms. The van der Waals surface area contributed by atoms with Crippen molar-refractivity contribution in [2.75, 3.05) is 32.7 Å². The van der Waals surface area contributed by atoms with Crippen molar-refractivity contribution < 1.29 is 50.2 Å². The molecule has 8 aromatic rings. The van der Waals surface area contributed by atoms with Crippen LogP contribution in [0.25, 0.3) is 44.5 Å². The maximum absolute atomic E-state index is 13.8. The van der Waals surface area contributed by atoms with Crippen LogP contribution in [0.4, 0.5) is 26.3 Å². The minimum absolute atomic E-state index is 0.0371. The summed E-state index contributed by atoms with van der Waals surface area (Å²) >= 11 is 0. The number of benzene rings is 6. The number of nitrogens with two attached hydrogens (primary N) is 1. The van der Waals surface area contributed by atoms with Crippen molar-refractivity contribution in [1.29, 1.82) is 0 Å². The van der Waals surface area contributed by atoms with Gasteiger partial charge in [-0.1, -0.05) is 48.5 Å². The number of nitrogens with zero attached hydrogens (tertiary/aromatic N) is 5. The monoisotopic (exact) mass is 1200 g/mol. The van der Waals surface area contributed by atoms with Crippen LogP contribution in [0.5, 0.6) is 11.5 Å². The van der Waals surface area contributed by atoms with Crippen LogP contribution in [0.1, 0.15) is 92.6 Å². The van der Waals surface area contributed by atoms with Crippen LogP contribution in [-0.2, 0) is 43.8 Å². The fourth-order valence-electron chi connectivity index (χ4n) is 12.2. The highest BCUT2D eigenvalue weighted by atomic mass is 19.3. The van der Waals surface area contributed by atoms with Crippen LogP contribution < -0.4 is 20.5 Å². The van der Waals surface area contributed by atoms with Crippen LogP contribution in [0.3, 0.4) is 0 Å². The number of amides is 3. The van der Waals surface area contributed by atoms with E-state index in [1.807, 2.05) is 66.0 Å². The Labute approximate surface area is 506 Å². The van der Waals surface area contributed by atoms with Crippen LogP contribution in [0, 0.1) is 11.6 Å². The number of likely N-dealkylation sites (tertiary alicyclic amines) is 2. The van der Waals surface area contributed by atoms with Crippen molar-refractivity contribution in [1.82, 2.24) is 30.0 Å². The molecule has 2 atom stereocenters. The van der Waals surface area contributed by atoms with Crippen LogP contribution in [0.15, 0.2) is 158 Å². The Kier molecular flexibility index (Phi) is 17.2. The molecule has 6 aliphatic rings. The molecule has 6 aliphatic heterocycles. The minimum Gasteiger partial charge on any atom is -0.489 e. The van der Waals surface area contributed by atoms with Gasteiger partial charge in [0.25, 0.3) is 23.7 Å². The molecule has 2 fully saturated rings. The van der Waals surface area contributed by atoms with E-state index in [4.69, 9.17) is 15.2 Å². The third-order valence-electron chi connectivity index (χ3n) is 17.3. The third-order valence-corrected chi connectivity index (χ3v) is 17.3. The van der Waals surface area contributed by atoms with Gasteiger partial charge in [0.2, 0.25) is 5.91 Å². The Hall–Kier alpha value is -8.87. The van der Waals surface area contributed by atoms with Crippen molar-refractivity contribution in [2.24, 2.45) is 5.73 Å². The summed E-state index contributed by atoms with van der Waals surface area (Å²) < 4.78 is 93.8. The molecule has 14 rings (SSSR count). The maximum atomic E-state index is 13.8. The lowest BCUT2D eigenvalue weighted by Crippen LogP contribution is -2.42. The quantitative estimate of drug-likeness (QED) is 0.128. The molecule has 2 unspecified atom stereocenters. The number of halogens is 6. The predicted molar refractivity (Wildman–Crippen MR) is 323 cm³/mol. The fraction of sp³-hybridized carbons (Fsp3) is 0.300. The first kappa shape index (κ1) is 59.5. The van der Waals surface area contributed by atoms with E-state index in [0.29, 0.717) is 56.4 Å². The van der Waals surface area contributed by atoms with E-state index in [9.17, 15) is 40.7 Å². The molecule has 452 valence electrons. The number of rotatable bonds is 10. The SMILES string of the molecule is NCC1Cc2cc(-c3ccc(C(=O)N4CCC(F)(F)CC4)cc3)cc(-c3ccc(F)cc3)c2O1.O=C(CCC1Cc2cc(-c3ccc(C(=O)N4CCC(F)(F)CC4)cc3)cc(-c3ccc(F)cc3)c2O1)N1Cc2ccncc2C1.c1cc2c(cn1)CNC2. The summed E-state index contributed by atoms with van der Waals surface area (Å²) in [5, 5.41) is 3.25. The van der Waals surface area contributed by atoms with Gasteiger partial charge in [0, 0.05) is 151 Å². The number of hydrogen-bond donors (Lipinski definition) is 2. The van der Waals surface area contributed by atoms with Gasteiger partial charge in [-0.3, -0.25) is 24.4 Å². The van der Waals surface area contributed by atoms with E-state index >= 15 is 0 Å². The molecule has 0 radical (unpaired) electrons. The van der Waals surface area contributed by atoms with Gasteiger partial charge in [0.05, 0.1) is 0 Å². The molecule has 0 aliphatic carbocycles. The number of fused-ring (bicyclic) bond motifs is 4. The Balaban J connectivity index is 0.000000154. The average Bonchev–Trinajstić information content (AvgIpc) is 2.63. The number of carbonyl (C=O) groups is 3. The largest absolute Gasteiger partial charge is 0.489 e. The molecule has 2 saturated heterocycles. The van der Waals surface area contributed by atoms with Gasteiger partial charge in [-0.25, -0.2) is 26.3 Å². The molecule has 88 heavy (non-hydrogen) atoms. The van der Waals surface area contributed by atoms with Crippen molar-refractivity contribution >= 4 is 17.7 Å². The third kappa shape index (κ3) is 13.5. The van der Waals surface area contributed by atoms with E-state index in [-0.39, 0.29) is 93.4 Å². The zero-order valence-electron chi connectivity index (χ0n) is 48.3. The lowest BCUT2D eigenvalue weighted by atomic mass is 9.93. The number of aromatic nitrogens is 2. The second-order valence-corrected chi connectivity index (χ2v) is 23.3. The normalized spacial score (nSPS) is 18.3. The Morgan fingerprint density at radius 2 is 0.932 bits per heavy atom. The predicted octanol–water partition coefficient (Wildman–Crippen LogP) is 13.0. The number of nitrogens with one attached hydrogen (secondary N) is 1. The van der Waals surface area contributed by atoms with Crippen molar-refractivity contribution in [2.45, 2.75) is 102 Å². The second-order valence-electron chi connectivity index (χ2n) is 23.3. The molecule has 8 heterocycles. The zero-order valence-corrected chi connectivity index (χ0v) is 48.3. The van der Waals surface area contributed by atoms with Gasteiger partial charge >= 0.3 is 0 Å². The lowest BCUT2D eigenvalue weighted by molar-refractivity contribution is -0.132. The number of carbonyl (C=O) groups excluding carboxylic acids is 3. The summed E-state index contributed by atoms with van der Waals surface area (Å²) in [5.74, 6) is -4.96. The number of pyridine rings is 2. The lowest BCUT2D eigenvalue weighted by Gasteiger charge is -2.31. The minimum atomic E-state index is -2.72. The number of alkyl halides is 4. The van der Waals surface area contributed by atoms with E-state index in [1.165, 1.54) is 45.2 Å². The summed E-state index contributed by atoms with van der Waals surface area (Å²) in [5.41, 5.74) is 20.7. The van der Waals surface area contributed by atoms with E-state index in [0.717, 1.165) is 91.3 Å². The summed E-state index contributed by atoms with van der Waals surface area (Å²) in [6.07, 6.45) is 8.04. The van der Waals surface area contributed by atoms with Crippen molar-refractivity contribution in [3.63, 3.8) is 0 Å². The van der Waals surface area contributed by atoms with E-state index in [2.05, 4.69) is 33.5 Å². The summed E-state index contributed by atoms with van der Waals surface area (Å²) in [4.78, 5) is 51.8. The average molecular weight is 1200 g/mol. The Morgan fingerprint density at radius 1 is 0.500 bits per heavy atom. The van der Waals surface area contributed by atoms with Gasteiger partial charge in [-0.15, -0.1) is 0 Å². The Bertz CT molecular complexity index is 3800. The number of piperidine rings is 2. The van der Waals surface area contributed by atoms with E-state index in [1.54, 1.807) is 54.7 Å². The molecule has 3 amide bonds. The summed E-state index contributed by atoms with van der Waals surface area (Å²) in [6, 6.07) is 39.0. The number of hydrogen-bond acceptors (Lipinski definition) is 9. The standard InChI is InChI=1S/C36H32F3N3O3.C27H25F3N2O2.C7H8N2/c37-30-7-5-24(6-8-30)32-19-27(23-1-3-25(4-2-23)35(44)41-15-12-36(38,39)13-16-41)17-28-18-31(45-34(28)32)9-10-33(43)42-21-26-11-14-40-20-29(26)22-42;28-22-7-5-18(6-8-22)24-15-20(13-21-14-23(16-31)34-25(21)24)17-1-3-19(4-2-17)26(33)32-11-9-27(29,30)10-12-32;1-2-8-4-7-5-9-3-6(1)7/h1-8,11,14,17,19-20,31H,9-10,12-13,15-16,18,21-22H2;1-8,13,15,23H,9-12,14,16,31H2;1-2,4,9H,3,5H2. The molecule has 0 saturated carbocycles. The van der Waals surface area contributed by atoms with Crippen LogP contribution in [0.2, 0.25) is 0 Å². The molecule has 18 heteroatoms. The molecule has 0 spiro atoms. The topological polar surface area (TPSA) is 143 Å². The summed E-state index contributed by atoms with van der Waals surface area (Å²) in [7, 11) is 0. The second kappa shape index (κ2) is 25.5. The Morgan fingerprint density at radius 3 is 1.41 bits per heavy atom. The smallest absolute Gasteiger partial charge is 0.253 e. The van der Waals surface area contributed by atoms with Crippen LogP contribution >= 0.6 is 0 Å². The highest BCUT2D eigenvalue weighted by Crippen LogP contribution is 2.45. The highest BCUT2D eigenvalue weighted by molar-refractivity contribution is 5.96. The van der Waals surface area contributed by atoms with Crippen LogP contribution in [-0.4, -0.2) is 99.2 Å². The molecule has 3 N–H and O–H groups in total. The zero-order chi connectivity index (χ0) is 61.1. The molecule has 2 aromatic heterocycles. The van der Waals surface area contributed by atoms with Gasteiger partial charge < -0.3 is 35.2 Å². The maximum Gasteiger partial charge on any atom is 0.253 e. The van der Waals surface area contributed by atoms with Gasteiger partial charge in [-0.2, -0.15) is 0 Å². The van der Waals surface area contributed by atoms with Crippen molar-refractivity contribution in [3.05, 3.63) is 214 Å². The first-order valence-corrected chi connectivity index (χ1v) is 29.8. The number of ether oxygens (including phenoxy) is 2. The highest BCUT2D eigenvalue weighted by Gasteiger charge is 2.38. The molecular formula is C70H65F6N7O5. The fourth-order valence-corrected chi connectivity index (χ4v) is 12.2. The first-order valence-electron chi connectivity index (χ1n) is 29.8. The van der Waals surface area contributed by atoms with Crippen molar-refractivity contribution in [3.8, 4) is 56.0 Å². The molecule has 12 nitrogen and oxygen atoms in total. The van der Waals surface area contributed by atoms with Gasteiger partial charge in [0.1, 0.15) is 35.3 Å². The summed E-state index contributed by atoms with van der Waals surface area (Å²) in [6.45, 7) is 3.75.